The number of piperidine rings is 1. The van der Waals surface area contributed by atoms with Crippen LogP contribution in [0.3, 0.4) is 0 Å². The van der Waals surface area contributed by atoms with Crippen LogP contribution < -0.4 is 16.2 Å². The van der Waals surface area contributed by atoms with E-state index in [0.717, 1.165) is 48.1 Å². The number of aromatic amines is 1. The highest BCUT2D eigenvalue weighted by Crippen LogP contribution is 2.30. The summed E-state index contributed by atoms with van der Waals surface area (Å²) >= 11 is 0. The molecular formula is C23H24ClN5O2. The number of hydrogen-bond acceptors (Lipinski definition) is 4. The maximum atomic E-state index is 12.8. The standard InChI is InChI=1S/C23H23N5O2.ClH/c1-14-4-2-5-16(12-14)23(30)25-17-6-3-7-18-21(17)22-26-20(29)13-19(28(22)27-18)15-8-10-24-11-9-15;/h2-7,12-13,15,24H,8-11H2,1H3,(H,25,30)(H,26,29);1H. The molecule has 8 heteroatoms. The number of nitrogens with one attached hydrogen (secondary N) is 3. The maximum Gasteiger partial charge on any atom is 0.255 e. The summed E-state index contributed by atoms with van der Waals surface area (Å²) in [5.41, 5.74) is 4.35. The van der Waals surface area contributed by atoms with E-state index >= 15 is 0 Å². The highest BCUT2D eigenvalue weighted by Gasteiger charge is 2.22. The molecule has 31 heavy (non-hydrogen) atoms. The molecule has 0 aliphatic carbocycles. The van der Waals surface area contributed by atoms with E-state index in [2.05, 4.69) is 15.6 Å². The van der Waals surface area contributed by atoms with Crippen LogP contribution in [0.1, 0.15) is 40.4 Å². The minimum absolute atomic E-state index is 0. The van der Waals surface area contributed by atoms with Crippen molar-refractivity contribution >= 4 is 40.6 Å². The summed E-state index contributed by atoms with van der Waals surface area (Å²) in [7, 11) is 0. The van der Waals surface area contributed by atoms with E-state index in [1.807, 2.05) is 47.8 Å². The van der Waals surface area contributed by atoms with Gasteiger partial charge in [0.1, 0.15) is 5.65 Å². The Kier molecular flexibility index (Phi) is 5.80. The average molecular weight is 438 g/mol. The topological polar surface area (TPSA) is 91.3 Å². The molecule has 160 valence electrons. The molecule has 5 rings (SSSR count). The van der Waals surface area contributed by atoms with Crippen LogP contribution in [0.15, 0.2) is 53.3 Å². The summed E-state index contributed by atoms with van der Waals surface area (Å²) in [4.78, 5) is 28.2. The third-order valence-corrected chi connectivity index (χ3v) is 5.75. The summed E-state index contributed by atoms with van der Waals surface area (Å²) in [6.07, 6.45) is 1.93. The fraction of sp³-hybridized carbons (Fsp3) is 0.261. The zero-order valence-electron chi connectivity index (χ0n) is 17.1. The third kappa shape index (κ3) is 3.94. The third-order valence-electron chi connectivity index (χ3n) is 5.75. The van der Waals surface area contributed by atoms with Gasteiger partial charge >= 0.3 is 0 Å². The van der Waals surface area contributed by atoms with Gasteiger partial charge < -0.3 is 15.6 Å². The first kappa shape index (κ1) is 21.1. The number of nitrogens with zero attached hydrogens (tertiary/aromatic N) is 2. The summed E-state index contributed by atoms with van der Waals surface area (Å²) in [5, 5.41) is 11.9. The van der Waals surface area contributed by atoms with Crippen molar-refractivity contribution in [1.29, 1.82) is 0 Å². The second-order valence-corrected chi connectivity index (χ2v) is 7.87. The zero-order chi connectivity index (χ0) is 20.7. The molecule has 0 unspecified atom stereocenters. The van der Waals surface area contributed by atoms with Crippen LogP contribution in [-0.2, 0) is 0 Å². The van der Waals surface area contributed by atoms with Crippen molar-refractivity contribution < 1.29 is 4.79 Å². The van der Waals surface area contributed by atoms with Gasteiger partial charge in [-0.15, -0.1) is 12.4 Å². The molecule has 1 amide bonds. The Morgan fingerprint density at radius 1 is 1.13 bits per heavy atom. The monoisotopic (exact) mass is 437 g/mol. The number of amides is 1. The molecule has 0 bridgehead atoms. The van der Waals surface area contributed by atoms with E-state index in [-0.39, 0.29) is 29.8 Å². The minimum Gasteiger partial charge on any atom is -0.321 e. The van der Waals surface area contributed by atoms with Crippen molar-refractivity contribution in [2.45, 2.75) is 25.7 Å². The quantitative estimate of drug-likeness (QED) is 0.456. The molecule has 2 aromatic carbocycles. The molecule has 0 spiro atoms. The minimum atomic E-state index is -0.192. The summed E-state index contributed by atoms with van der Waals surface area (Å²) < 4.78 is 1.84. The molecule has 2 aromatic heterocycles. The lowest BCUT2D eigenvalue weighted by Gasteiger charge is -2.23. The molecule has 4 aromatic rings. The van der Waals surface area contributed by atoms with Crippen LogP contribution in [-0.4, -0.2) is 33.6 Å². The summed E-state index contributed by atoms with van der Waals surface area (Å²) in [5.74, 6) is 0.0816. The highest BCUT2D eigenvalue weighted by atomic mass is 35.5. The molecule has 1 aliphatic rings. The summed E-state index contributed by atoms with van der Waals surface area (Å²) in [6.45, 7) is 3.81. The van der Waals surface area contributed by atoms with Crippen molar-refractivity contribution in [3.63, 3.8) is 0 Å². The molecule has 0 atom stereocenters. The molecule has 0 saturated carbocycles. The predicted molar refractivity (Wildman–Crippen MR) is 125 cm³/mol. The number of aryl methyl sites for hydroxylation is 1. The second-order valence-electron chi connectivity index (χ2n) is 7.87. The van der Waals surface area contributed by atoms with E-state index in [0.29, 0.717) is 16.9 Å². The molecule has 1 saturated heterocycles. The SMILES string of the molecule is Cc1cccc(C(=O)Nc2cccc3nn4c(C5CCNCC5)cc(=O)[nH]c4c23)c1.Cl. The van der Waals surface area contributed by atoms with Gasteiger partial charge in [-0.25, -0.2) is 4.52 Å². The largest absolute Gasteiger partial charge is 0.321 e. The number of fused-ring (bicyclic) bond motifs is 3. The Morgan fingerprint density at radius 2 is 1.90 bits per heavy atom. The number of carbonyl (C=O) groups is 1. The fourth-order valence-corrected chi connectivity index (χ4v) is 4.28. The van der Waals surface area contributed by atoms with Gasteiger partial charge in [-0.2, -0.15) is 5.10 Å². The molecule has 7 nitrogen and oxygen atoms in total. The van der Waals surface area contributed by atoms with Gasteiger partial charge in [0, 0.05) is 17.5 Å². The van der Waals surface area contributed by atoms with Gasteiger partial charge in [0.25, 0.3) is 11.5 Å². The fourth-order valence-electron chi connectivity index (χ4n) is 4.28. The van der Waals surface area contributed by atoms with E-state index in [9.17, 15) is 9.59 Å². The van der Waals surface area contributed by atoms with Crippen molar-refractivity contribution in [3.05, 3.63) is 75.7 Å². The summed E-state index contributed by atoms with van der Waals surface area (Å²) in [6, 6.07) is 14.7. The van der Waals surface area contributed by atoms with Crippen molar-refractivity contribution in [2.75, 3.05) is 18.4 Å². The second kappa shape index (κ2) is 8.53. The van der Waals surface area contributed by atoms with Gasteiger partial charge in [-0.1, -0.05) is 23.8 Å². The molecule has 1 aliphatic heterocycles. The van der Waals surface area contributed by atoms with Crippen LogP contribution in [0.5, 0.6) is 0 Å². The van der Waals surface area contributed by atoms with E-state index in [1.54, 1.807) is 12.1 Å². The zero-order valence-corrected chi connectivity index (χ0v) is 18.0. The molecule has 3 heterocycles. The number of benzene rings is 2. The lowest BCUT2D eigenvalue weighted by Crippen LogP contribution is -2.28. The van der Waals surface area contributed by atoms with Crippen LogP contribution in [0.2, 0.25) is 0 Å². The number of halogens is 1. The number of anilines is 1. The van der Waals surface area contributed by atoms with Gasteiger partial charge in [0.2, 0.25) is 0 Å². The maximum absolute atomic E-state index is 12.8. The van der Waals surface area contributed by atoms with Gasteiger partial charge in [-0.3, -0.25) is 9.59 Å². The van der Waals surface area contributed by atoms with Crippen molar-refractivity contribution in [3.8, 4) is 0 Å². The smallest absolute Gasteiger partial charge is 0.255 e. The number of H-pyrrole nitrogens is 1. The first-order chi connectivity index (χ1) is 14.6. The average Bonchev–Trinajstić information content (AvgIpc) is 3.13. The van der Waals surface area contributed by atoms with Crippen LogP contribution >= 0.6 is 12.4 Å². The Morgan fingerprint density at radius 3 is 2.68 bits per heavy atom. The Bertz CT molecular complexity index is 1320. The molecular weight excluding hydrogens is 414 g/mol. The van der Waals surface area contributed by atoms with Crippen LogP contribution in [0.4, 0.5) is 5.69 Å². The first-order valence-corrected chi connectivity index (χ1v) is 10.2. The molecule has 3 N–H and O–H groups in total. The van der Waals surface area contributed by atoms with Crippen molar-refractivity contribution in [2.24, 2.45) is 0 Å². The van der Waals surface area contributed by atoms with Gasteiger partial charge in [0.15, 0.2) is 0 Å². The van der Waals surface area contributed by atoms with Crippen LogP contribution in [0, 0.1) is 6.92 Å². The normalized spacial score (nSPS) is 14.5. The van der Waals surface area contributed by atoms with Crippen molar-refractivity contribution in [1.82, 2.24) is 19.9 Å². The van der Waals surface area contributed by atoms with Gasteiger partial charge in [-0.05, 0) is 57.1 Å². The Labute approximate surface area is 185 Å². The highest BCUT2D eigenvalue weighted by molar-refractivity contribution is 6.11. The number of hydrogen-bond donors (Lipinski definition) is 3. The molecule has 0 radical (unpaired) electrons. The van der Waals surface area contributed by atoms with Crippen LogP contribution in [0.25, 0.3) is 16.6 Å². The first-order valence-electron chi connectivity index (χ1n) is 10.2. The Hall–Kier alpha value is -3.16. The number of aromatic nitrogens is 3. The lowest BCUT2D eigenvalue weighted by molar-refractivity contribution is 0.102. The number of carbonyl (C=O) groups excluding carboxylic acids is 1. The van der Waals surface area contributed by atoms with E-state index in [1.165, 1.54) is 0 Å². The van der Waals surface area contributed by atoms with E-state index in [4.69, 9.17) is 5.10 Å². The van der Waals surface area contributed by atoms with Gasteiger partial charge in [0.05, 0.1) is 22.3 Å². The van der Waals surface area contributed by atoms with E-state index < -0.39 is 0 Å². The molecule has 1 fully saturated rings. The Balaban J connectivity index is 0.00000231. The predicted octanol–water partition coefficient (Wildman–Crippen LogP) is 3.63. The lowest BCUT2D eigenvalue weighted by atomic mass is 9.94. The number of rotatable bonds is 3.